The summed E-state index contributed by atoms with van der Waals surface area (Å²) >= 11 is 0. The quantitative estimate of drug-likeness (QED) is 0.684. The number of carbonyl (C=O) groups excluding carboxylic acids is 1. The second kappa shape index (κ2) is 4.04. The summed E-state index contributed by atoms with van der Waals surface area (Å²) in [6.45, 7) is 3.80. The zero-order chi connectivity index (χ0) is 10.8. The van der Waals surface area contributed by atoms with Crippen molar-refractivity contribution >= 4 is 5.91 Å². The first-order chi connectivity index (χ1) is 6.44. The van der Waals surface area contributed by atoms with Crippen LogP contribution in [0.1, 0.15) is 6.42 Å². The molecule has 1 N–H and O–H groups in total. The average Bonchev–Trinajstić information content (AvgIpc) is 2.44. The predicted molar refractivity (Wildman–Crippen MR) is 49.2 cm³/mol. The van der Waals surface area contributed by atoms with Crippen LogP contribution >= 0.6 is 0 Å². The van der Waals surface area contributed by atoms with E-state index in [9.17, 15) is 13.6 Å². The summed E-state index contributed by atoms with van der Waals surface area (Å²) in [5.41, 5.74) is 0.324. The molecular weight excluding hydrogens is 190 g/mol. The van der Waals surface area contributed by atoms with E-state index in [4.69, 9.17) is 0 Å². The fourth-order valence-electron chi connectivity index (χ4n) is 1.46. The molecule has 0 saturated carbocycles. The molecule has 5 heteroatoms. The summed E-state index contributed by atoms with van der Waals surface area (Å²) in [4.78, 5) is 12.6. The van der Waals surface area contributed by atoms with Gasteiger partial charge in [-0.15, -0.1) is 0 Å². The fraction of sp³-hybridized carbons (Fsp3) is 0.667. The van der Waals surface area contributed by atoms with Crippen molar-refractivity contribution < 1.29 is 13.6 Å². The summed E-state index contributed by atoms with van der Waals surface area (Å²) in [6, 6.07) is 0. The van der Waals surface area contributed by atoms with Gasteiger partial charge in [-0.1, -0.05) is 6.58 Å². The lowest BCUT2D eigenvalue weighted by Gasteiger charge is -2.15. The molecule has 0 aromatic carbocycles. The highest BCUT2D eigenvalue weighted by atomic mass is 19.3. The lowest BCUT2D eigenvalue weighted by Crippen LogP contribution is -2.31. The fourth-order valence-corrected chi connectivity index (χ4v) is 1.46. The lowest BCUT2D eigenvalue weighted by atomic mass is 10.2. The minimum absolute atomic E-state index is 0.131. The van der Waals surface area contributed by atoms with Gasteiger partial charge < -0.3 is 5.32 Å². The Hall–Kier alpha value is -0.970. The molecular formula is C9H14F2N2O. The Morgan fingerprint density at radius 1 is 1.64 bits per heavy atom. The van der Waals surface area contributed by atoms with E-state index < -0.39 is 5.92 Å². The van der Waals surface area contributed by atoms with E-state index in [1.807, 2.05) is 0 Å². The third-order valence-corrected chi connectivity index (χ3v) is 2.21. The molecule has 1 aliphatic heterocycles. The molecule has 0 atom stereocenters. The number of alkyl halides is 2. The Morgan fingerprint density at radius 3 is 2.71 bits per heavy atom. The average molecular weight is 204 g/mol. The molecule has 0 aromatic rings. The van der Waals surface area contributed by atoms with E-state index >= 15 is 0 Å². The summed E-state index contributed by atoms with van der Waals surface area (Å²) in [5.74, 6) is -2.90. The topological polar surface area (TPSA) is 32.3 Å². The number of rotatable bonds is 3. The first-order valence-corrected chi connectivity index (χ1v) is 4.44. The molecule has 0 spiro atoms. The number of likely N-dealkylation sites (N-methyl/N-ethyl adjacent to an activating group) is 1. The Balaban J connectivity index is 2.40. The molecule has 0 aromatic heterocycles. The monoisotopic (exact) mass is 204 g/mol. The number of nitrogens with zero attached hydrogens (tertiary/aromatic N) is 1. The molecule has 1 amide bonds. The maximum absolute atomic E-state index is 12.8. The molecule has 1 fully saturated rings. The highest BCUT2D eigenvalue weighted by Gasteiger charge is 2.38. The van der Waals surface area contributed by atoms with Gasteiger partial charge in [-0.3, -0.25) is 9.69 Å². The largest absolute Gasteiger partial charge is 0.355 e. The first-order valence-electron chi connectivity index (χ1n) is 4.44. The maximum Gasteiger partial charge on any atom is 0.261 e. The molecule has 1 heterocycles. The minimum atomic E-state index is -2.61. The van der Waals surface area contributed by atoms with Gasteiger partial charge in [-0.25, -0.2) is 8.78 Å². The molecule has 80 valence electrons. The summed E-state index contributed by atoms with van der Waals surface area (Å²) in [5, 5.41) is 2.41. The second-order valence-electron chi connectivity index (χ2n) is 3.50. The Morgan fingerprint density at radius 2 is 2.29 bits per heavy atom. The molecule has 0 bridgehead atoms. The van der Waals surface area contributed by atoms with Gasteiger partial charge in [-0.2, -0.15) is 0 Å². The van der Waals surface area contributed by atoms with Crippen LogP contribution < -0.4 is 5.32 Å². The van der Waals surface area contributed by atoms with Crippen molar-refractivity contribution in [2.75, 3.05) is 26.7 Å². The van der Waals surface area contributed by atoms with Crippen molar-refractivity contribution in [3.05, 3.63) is 12.2 Å². The standard InChI is InChI=1S/C9H14F2N2O/c1-7(8(14)12-2)5-13-4-3-9(10,11)6-13/h1,3-6H2,2H3,(H,12,14). The smallest absolute Gasteiger partial charge is 0.261 e. The highest BCUT2D eigenvalue weighted by Crippen LogP contribution is 2.26. The second-order valence-corrected chi connectivity index (χ2v) is 3.50. The molecule has 1 rings (SSSR count). The van der Waals surface area contributed by atoms with E-state index in [1.165, 1.54) is 11.9 Å². The molecule has 1 saturated heterocycles. The summed E-state index contributed by atoms with van der Waals surface area (Å²) in [6.07, 6.45) is -0.131. The number of amides is 1. The number of carbonyl (C=O) groups is 1. The SMILES string of the molecule is C=C(CN1CCC(F)(F)C1)C(=O)NC. The van der Waals surface area contributed by atoms with Crippen LogP contribution in [0.15, 0.2) is 12.2 Å². The van der Waals surface area contributed by atoms with Gasteiger partial charge in [0.1, 0.15) is 0 Å². The van der Waals surface area contributed by atoms with E-state index in [-0.39, 0.29) is 25.4 Å². The zero-order valence-corrected chi connectivity index (χ0v) is 8.15. The maximum atomic E-state index is 12.8. The molecule has 0 unspecified atom stereocenters. The molecule has 14 heavy (non-hydrogen) atoms. The Bertz CT molecular complexity index is 253. The van der Waals surface area contributed by atoms with Crippen LogP contribution in [0.3, 0.4) is 0 Å². The van der Waals surface area contributed by atoms with E-state index in [1.54, 1.807) is 0 Å². The predicted octanol–water partition coefficient (Wildman–Crippen LogP) is 0.630. The number of nitrogens with one attached hydrogen (secondary N) is 1. The van der Waals surface area contributed by atoms with E-state index in [0.717, 1.165) is 0 Å². The van der Waals surface area contributed by atoms with Gasteiger partial charge in [0, 0.05) is 32.1 Å². The number of halogens is 2. The molecule has 1 aliphatic rings. The van der Waals surface area contributed by atoms with Gasteiger partial charge in [-0.05, 0) is 0 Å². The van der Waals surface area contributed by atoms with Crippen molar-refractivity contribution in [1.29, 1.82) is 0 Å². The van der Waals surface area contributed by atoms with Crippen LogP contribution in [-0.2, 0) is 4.79 Å². The highest BCUT2D eigenvalue weighted by molar-refractivity contribution is 5.92. The Kier molecular flexibility index (Phi) is 3.21. The van der Waals surface area contributed by atoms with Crippen molar-refractivity contribution in [3.8, 4) is 0 Å². The van der Waals surface area contributed by atoms with Crippen molar-refractivity contribution in [1.82, 2.24) is 10.2 Å². The lowest BCUT2D eigenvalue weighted by molar-refractivity contribution is -0.117. The van der Waals surface area contributed by atoms with Crippen molar-refractivity contribution in [2.45, 2.75) is 12.3 Å². The van der Waals surface area contributed by atoms with Gasteiger partial charge in [0.05, 0.1) is 6.54 Å². The van der Waals surface area contributed by atoms with Crippen LogP contribution in [0.25, 0.3) is 0 Å². The van der Waals surface area contributed by atoms with Crippen LogP contribution in [0.4, 0.5) is 8.78 Å². The molecule has 0 radical (unpaired) electrons. The molecule has 3 nitrogen and oxygen atoms in total. The van der Waals surface area contributed by atoms with E-state index in [0.29, 0.717) is 12.1 Å². The van der Waals surface area contributed by atoms with Crippen LogP contribution in [0, 0.1) is 0 Å². The van der Waals surface area contributed by atoms with E-state index in [2.05, 4.69) is 11.9 Å². The van der Waals surface area contributed by atoms with Gasteiger partial charge in [0.2, 0.25) is 5.91 Å². The molecule has 0 aliphatic carbocycles. The van der Waals surface area contributed by atoms with Gasteiger partial charge in [0.15, 0.2) is 0 Å². The van der Waals surface area contributed by atoms with Crippen LogP contribution in [-0.4, -0.2) is 43.4 Å². The Labute approximate surface area is 81.8 Å². The third kappa shape index (κ3) is 2.77. The van der Waals surface area contributed by atoms with Crippen molar-refractivity contribution in [2.24, 2.45) is 0 Å². The van der Waals surface area contributed by atoms with Gasteiger partial charge in [0.25, 0.3) is 5.92 Å². The summed E-state index contributed by atoms with van der Waals surface area (Å²) in [7, 11) is 1.49. The van der Waals surface area contributed by atoms with Crippen LogP contribution in [0.2, 0.25) is 0 Å². The summed E-state index contributed by atoms with van der Waals surface area (Å²) < 4.78 is 25.5. The zero-order valence-electron chi connectivity index (χ0n) is 8.15. The van der Waals surface area contributed by atoms with Gasteiger partial charge >= 0.3 is 0 Å². The first kappa shape index (κ1) is 11.1. The normalized spacial score (nSPS) is 20.8. The van der Waals surface area contributed by atoms with Crippen LogP contribution in [0.5, 0.6) is 0 Å². The minimum Gasteiger partial charge on any atom is -0.355 e. The number of hydrogen-bond donors (Lipinski definition) is 1. The number of likely N-dealkylation sites (tertiary alicyclic amines) is 1. The number of hydrogen-bond acceptors (Lipinski definition) is 2. The third-order valence-electron chi connectivity index (χ3n) is 2.21. The van der Waals surface area contributed by atoms with Crippen molar-refractivity contribution in [3.63, 3.8) is 0 Å².